The summed E-state index contributed by atoms with van der Waals surface area (Å²) in [6.07, 6.45) is 5.33. The Morgan fingerprint density at radius 1 is 1.35 bits per heavy atom. The average molecular weight is 234 g/mol. The Balaban J connectivity index is 2.41. The highest BCUT2D eigenvalue weighted by Gasteiger charge is 2.40. The molecule has 2 atom stereocenters. The van der Waals surface area contributed by atoms with Crippen LogP contribution in [-0.4, -0.2) is 12.2 Å². The largest absolute Gasteiger partial charge is 0.496 e. The maximum atomic E-state index is 11.0. The van der Waals surface area contributed by atoms with Crippen LogP contribution in [0.5, 0.6) is 5.75 Å². The van der Waals surface area contributed by atoms with Crippen molar-refractivity contribution in [2.45, 2.75) is 44.6 Å². The second-order valence-electron chi connectivity index (χ2n) is 4.98. The number of aliphatic hydroxyl groups is 1. The molecule has 2 rings (SSSR count). The third kappa shape index (κ3) is 2.19. The van der Waals surface area contributed by atoms with E-state index in [0.29, 0.717) is 5.92 Å². The Morgan fingerprint density at radius 2 is 2.12 bits per heavy atom. The van der Waals surface area contributed by atoms with Crippen molar-refractivity contribution in [2.75, 3.05) is 7.11 Å². The molecule has 1 aromatic rings. The highest BCUT2D eigenvalue weighted by molar-refractivity contribution is 5.38. The fourth-order valence-corrected chi connectivity index (χ4v) is 3.13. The number of para-hydroxylation sites is 1. The first-order chi connectivity index (χ1) is 8.22. The van der Waals surface area contributed by atoms with Gasteiger partial charge in [-0.2, -0.15) is 0 Å². The summed E-state index contributed by atoms with van der Waals surface area (Å²) in [7, 11) is 1.67. The lowest BCUT2D eigenvalue weighted by Gasteiger charge is -2.40. The summed E-state index contributed by atoms with van der Waals surface area (Å²) >= 11 is 0. The van der Waals surface area contributed by atoms with Gasteiger partial charge >= 0.3 is 0 Å². The first-order valence-corrected chi connectivity index (χ1v) is 6.58. The summed E-state index contributed by atoms with van der Waals surface area (Å²) in [4.78, 5) is 0. The van der Waals surface area contributed by atoms with E-state index in [1.54, 1.807) is 7.11 Å². The Kier molecular flexibility index (Phi) is 3.72. The molecule has 0 saturated heterocycles. The predicted molar refractivity (Wildman–Crippen MR) is 69.1 cm³/mol. The van der Waals surface area contributed by atoms with E-state index in [0.717, 1.165) is 37.0 Å². The molecule has 1 fully saturated rings. The van der Waals surface area contributed by atoms with Gasteiger partial charge in [-0.1, -0.05) is 44.4 Å². The second-order valence-corrected chi connectivity index (χ2v) is 4.98. The van der Waals surface area contributed by atoms with Crippen molar-refractivity contribution in [1.82, 2.24) is 0 Å². The first-order valence-electron chi connectivity index (χ1n) is 6.58. The molecule has 2 unspecified atom stereocenters. The van der Waals surface area contributed by atoms with Crippen LogP contribution in [0.3, 0.4) is 0 Å². The standard InChI is InChI=1S/C15H22O2/c1-3-12-8-6-7-11-15(12,16)13-9-4-5-10-14(13)17-2/h4-5,9-10,12,16H,3,6-8,11H2,1-2H3. The summed E-state index contributed by atoms with van der Waals surface area (Å²) in [5, 5.41) is 11.0. The topological polar surface area (TPSA) is 29.5 Å². The summed E-state index contributed by atoms with van der Waals surface area (Å²) in [5.41, 5.74) is 0.272. The van der Waals surface area contributed by atoms with Gasteiger partial charge < -0.3 is 9.84 Å². The molecular formula is C15H22O2. The van der Waals surface area contributed by atoms with Crippen LogP contribution in [0.4, 0.5) is 0 Å². The van der Waals surface area contributed by atoms with Crippen LogP contribution in [0, 0.1) is 5.92 Å². The van der Waals surface area contributed by atoms with E-state index < -0.39 is 5.60 Å². The fourth-order valence-electron chi connectivity index (χ4n) is 3.13. The molecule has 1 saturated carbocycles. The Hall–Kier alpha value is -1.02. The summed E-state index contributed by atoms with van der Waals surface area (Å²) in [5.74, 6) is 1.17. The third-order valence-electron chi connectivity index (χ3n) is 4.10. The molecule has 0 spiro atoms. The average Bonchev–Trinajstić information content (AvgIpc) is 2.39. The van der Waals surface area contributed by atoms with Gasteiger partial charge in [0.15, 0.2) is 0 Å². The van der Waals surface area contributed by atoms with Crippen molar-refractivity contribution >= 4 is 0 Å². The molecule has 0 aliphatic heterocycles. The van der Waals surface area contributed by atoms with Gasteiger partial charge in [-0.25, -0.2) is 0 Å². The monoisotopic (exact) mass is 234 g/mol. The fraction of sp³-hybridized carbons (Fsp3) is 0.600. The normalized spacial score (nSPS) is 29.0. The molecule has 0 heterocycles. The van der Waals surface area contributed by atoms with Gasteiger partial charge in [0, 0.05) is 5.56 Å². The van der Waals surface area contributed by atoms with Crippen molar-refractivity contribution in [3.8, 4) is 5.75 Å². The minimum absolute atomic E-state index is 0.354. The Labute approximate surface area is 104 Å². The molecule has 1 aromatic carbocycles. The molecule has 17 heavy (non-hydrogen) atoms. The smallest absolute Gasteiger partial charge is 0.124 e. The molecule has 0 radical (unpaired) electrons. The predicted octanol–water partition coefficient (Wildman–Crippen LogP) is 3.48. The molecule has 1 aliphatic carbocycles. The minimum Gasteiger partial charge on any atom is -0.496 e. The summed E-state index contributed by atoms with van der Waals surface area (Å²) < 4.78 is 5.40. The van der Waals surface area contributed by atoms with Crippen LogP contribution in [0.25, 0.3) is 0 Å². The van der Waals surface area contributed by atoms with E-state index in [-0.39, 0.29) is 0 Å². The molecule has 1 aliphatic rings. The number of hydrogen-bond donors (Lipinski definition) is 1. The van der Waals surface area contributed by atoms with E-state index in [2.05, 4.69) is 6.92 Å². The molecular weight excluding hydrogens is 212 g/mol. The van der Waals surface area contributed by atoms with Crippen molar-refractivity contribution in [3.05, 3.63) is 29.8 Å². The SMILES string of the molecule is CCC1CCCCC1(O)c1ccccc1OC. The van der Waals surface area contributed by atoms with Crippen LogP contribution in [-0.2, 0) is 5.60 Å². The lowest BCUT2D eigenvalue weighted by molar-refractivity contribution is -0.0572. The Bertz CT molecular complexity index is 375. The van der Waals surface area contributed by atoms with Gasteiger partial charge in [0.05, 0.1) is 12.7 Å². The zero-order chi connectivity index (χ0) is 12.3. The number of hydrogen-bond acceptors (Lipinski definition) is 2. The number of benzene rings is 1. The van der Waals surface area contributed by atoms with E-state index in [1.807, 2.05) is 24.3 Å². The van der Waals surface area contributed by atoms with E-state index in [4.69, 9.17) is 4.74 Å². The van der Waals surface area contributed by atoms with Gasteiger partial charge in [-0.3, -0.25) is 0 Å². The molecule has 0 amide bonds. The van der Waals surface area contributed by atoms with Crippen molar-refractivity contribution in [2.24, 2.45) is 5.92 Å². The summed E-state index contributed by atoms with van der Waals surface area (Å²) in [6.45, 7) is 2.16. The molecule has 1 N–H and O–H groups in total. The lowest BCUT2D eigenvalue weighted by Crippen LogP contribution is -2.38. The lowest BCUT2D eigenvalue weighted by atomic mass is 9.70. The van der Waals surface area contributed by atoms with Crippen LogP contribution in [0.2, 0.25) is 0 Å². The number of methoxy groups -OCH3 is 1. The van der Waals surface area contributed by atoms with Gasteiger partial charge in [0.1, 0.15) is 5.75 Å². The van der Waals surface area contributed by atoms with Gasteiger partial charge in [-0.05, 0) is 24.8 Å². The molecule has 0 bridgehead atoms. The van der Waals surface area contributed by atoms with Crippen LogP contribution in [0.15, 0.2) is 24.3 Å². The molecule has 94 valence electrons. The zero-order valence-electron chi connectivity index (χ0n) is 10.8. The van der Waals surface area contributed by atoms with Crippen molar-refractivity contribution in [1.29, 1.82) is 0 Å². The third-order valence-corrected chi connectivity index (χ3v) is 4.10. The highest BCUT2D eigenvalue weighted by Crippen LogP contribution is 2.46. The molecule has 2 heteroatoms. The number of rotatable bonds is 3. The first kappa shape index (κ1) is 12.4. The molecule has 2 nitrogen and oxygen atoms in total. The maximum absolute atomic E-state index is 11.0. The van der Waals surface area contributed by atoms with Gasteiger partial charge in [0.25, 0.3) is 0 Å². The number of ether oxygens (including phenoxy) is 1. The minimum atomic E-state index is -0.695. The van der Waals surface area contributed by atoms with Crippen LogP contribution < -0.4 is 4.74 Å². The van der Waals surface area contributed by atoms with E-state index in [1.165, 1.54) is 6.42 Å². The van der Waals surface area contributed by atoms with Gasteiger partial charge in [-0.15, -0.1) is 0 Å². The van der Waals surface area contributed by atoms with Crippen molar-refractivity contribution in [3.63, 3.8) is 0 Å². The van der Waals surface area contributed by atoms with Crippen LogP contribution >= 0.6 is 0 Å². The quantitative estimate of drug-likeness (QED) is 0.867. The van der Waals surface area contributed by atoms with E-state index in [9.17, 15) is 5.11 Å². The Morgan fingerprint density at radius 3 is 2.82 bits per heavy atom. The maximum Gasteiger partial charge on any atom is 0.124 e. The highest BCUT2D eigenvalue weighted by atomic mass is 16.5. The molecule has 0 aromatic heterocycles. The van der Waals surface area contributed by atoms with Crippen molar-refractivity contribution < 1.29 is 9.84 Å². The zero-order valence-corrected chi connectivity index (χ0v) is 10.8. The van der Waals surface area contributed by atoms with Crippen LogP contribution in [0.1, 0.15) is 44.6 Å². The summed E-state index contributed by atoms with van der Waals surface area (Å²) in [6, 6.07) is 7.88. The van der Waals surface area contributed by atoms with E-state index >= 15 is 0 Å². The second kappa shape index (κ2) is 5.09. The van der Waals surface area contributed by atoms with Gasteiger partial charge in [0.2, 0.25) is 0 Å².